The fourth-order valence-corrected chi connectivity index (χ4v) is 2.52. The van der Waals surface area contributed by atoms with Crippen LogP contribution in [0.25, 0.3) is 11.0 Å². The number of aliphatic imine (C=N–C) groups is 1. The van der Waals surface area contributed by atoms with Crippen molar-refractivity contribution in [1.82, 2.24) is 9.88 Å². The van der Waals surface area contributed by atoms with Gasteiger partial charge in [0.1, 0.15) is 0 Å². The molecule has 1 aliphatic heterocycles. The van der Waals surface area contributed by atoms with E-state index in [4.69, 9.17) is 17.0 Å². The van der Waals surface area contributed by atoms with Gasteiger partial charge in [-0.3, -0.25) is 12.8 Å². The molecule has 1 saturated carbocycles. The van der Waals surface area contributed by atoms with E-state index in [0.29, 0.717) is 29.4 Å². The number of hydrogen-bond donors (Lipinski definition) is 1. The first kappa shape index (κ1) is 19.5. The van der Waals surface area contributed by atoms with E-state index in [2.05, 4.69) is 16.2 Å². The summed E-state index contributed by atoms with van der Waals surface area (Å²) in [4.78, 5) is 10.5. The molecule has 1 atom stereocenters. The molecule has 2 N–H and O–H groups in total. The summed E-state index contributed by atoms with van der Waals surface area (Å²) in [5, 5.41) is 9.59. The molecule has 1 aromatic heterocycles. The maximum atomic E-state index is 9.59. The van der Waals surface area contributed by atoms with Crippen LogP contribution in [0.4, 0.5) is 0 Å². The average molecular weight is 329 g/mol. The summed E-state index contributed by atoms with van der Waals surface area (Å²) < 4.78 is 5.78. The number of allylic oxidation sites excluding steroid dienone is 1. The van der Waals surface area contributed by atoms with E-state index in [1.807, 2.05) is 11.0 Å². The van der Waals surface area contributed by atoms with Crippen LogP contribution >= 0.6 is 0 Å². The van der Waals surface area contributed by atoms with Crippen LogP contribution in [-0.4, -0.2) is 47.2 Å². The standard InChI is InChI=1S/C18H20N5O.Li/c1-2-17(23-9-7-14(20)12-23)22-11-13(10-19)16-4-3-8-21-18(16)24-15-5-6-15;/h1-4,8,10,14-15H,5-7,9,12,20H2;/q-3;+1/t14-;/m0./s1. The minimum atomic E-state index is 0. The molecule has 3 rings (SSSR count). The van der Waals surface area contributed by atoms with Crippen LogP contribution in [0.15, 0.2) is 29.4 Å². The van der Waals surface area contributed by atoms with E-state index >= 15 is 0 Å². The van der Waals surface area contributed by atoms with E-state index in [1.54, 1.807) is 12.3 Å². The Bertz CT molecular complexity index is 684. The quantitative estimate of drug-likeness (QED) is 0.308. The van der Waals surface area contributed by atoms with Crippen molar-refractivity contribution in [3.05, 3.63) is 48.2 Å². The predicted molar refractivity (Wildman–Crippen MR) is 94.4 cm³/mol. The summed E-state index contributed by atoms with van der Waals surface area (Å²) in [6, 6.07) is 3.71. The second-order valence-corrected chi connectivity index (χ2v) is 5.96. The normalized spacial score (nSPS) is 20.8. The van der Waals surface area contributed by atoms with Crippen molar-refractivity contribution in [1.29, 1.82) is 0 Å². The number of rotatable bonds is 6. The van der Waals surface area contributed by atoms with E-state index < -0.39 is 0 Å². The van der Waals surface area contributed by atoms with E-state index in [0.717, 1.165) is 32.0 Å². The molecule has 1 aromatic rings. The third-order valence-corrected chi connectivity index (χ3v) is 3.98. The Morgan fingerprint density at radius 2 is 2.28 bits per heavy atom. The van der Waals surface area contributed by atoms with Crippen molar-refractivity contribution < 1.29 is 23.6 Å². The molecule has 0 amide bonds. The van der Waals surface area contributed by atoms with Crippen LogP contribution in [-0.2, 0) is 0 Å². The third-order valence-electron chi connectivity index (χ3n) is 3.98. The topological polar surface area (TPSA) is 86.0 Å². The van der Waals surface area contributed by atoms with Gasteiger partial charge in [0.25, 0.3) is 0 Å². The zero-order valence-electron chi connectivity index (χ0n) is 14.4. The summed E-state index contributed by atoms with van der Waals surface area (Å²) >= 11 is 0. The first-order valence-electron chi connectivity index (χ1n) is 8.07. The molecule has 2 heterocycles. The van der Waals surface area contributed by atoms with E-state index in [9.17, 15) is 5.41 Å². The first-order valence-corrected chi connectivity index (χ1v) is 8.07. The molecule has 25 heavy (non-hydrogen) atoms. The molecule has 2 fully saturated rings. The van der Waals surface area contributed by atoms with Gasteiger partial charge in [-0.2, -0.15) is 6.08 Å². The zero-order chi connectivity index (χ0) is 16.9. The molecular weight excluding hydrogens is 309 g/mol. The van der Waals surface area contributed by atoms with Crippen LogP contribution in [0, 0.1) is 12.8 Å². The first-order chi connectivity index (χ1) is 11.7. The Morgan fingerprint density at radius 3 is 2.88 bits per heavy atom. The van der Waals surface area contributed by atoms with Crippen LogP contribution in [0.3, 0.4) is 0 Å². The van der Waals surface area contributed by atoms with Gasteiger partial charge in [0.2, 0.25) is 0 Å². The Morgan fingerprint density at radius 1 is 1.48 bits per heavy atom. The number of aromatic nitrogens is 1. The van der Waals surface area contributed by atoms with Crippen molar-refractivity contribution >= 4 is 17.6 Å². The van der Waals surface area contributed by atoms with Gasteiger partial charge in [0, 0.05) is 31.2 Å². The Hall–Kier alpha value is -1.87. The van der Waals surface area contributed by atoms with Gasteiger partial charge in [-0.25, -0.2) is 4.98 Å². The van der Waals surface area contributed by atoms with Gasteiger partial charge in [-0.1, -0.05) is 12.1 Å². The van der Waals surface area contributed by atoms with Gasteiger partial charge in [0.15, 0.2) is 5.88 Å². The number of ether oxygens (including phenoxy) is 1. The molecular formula is C18H20LiN5O-2. The summed E-state index contributed by atoms with van der Waals surface area (Å²) in [6.45, 7) is 7.18. The van der Waals surface area contributed by atoms with Crippen LogP contribution in [0.5, 0.6) is 5.88 Å². The third kappa shape index (κ3) is 5.05. The summed E-state index contributed by atoms with van der Waals surface area (Å²) in [5.41, 5.74) is 6.95. The Balaban J connectivity index is 0.00000225. The SMILES string of the molecule is [CH-]=CC(=N[C-]=C(C=[N-])c1cccnc1OC1CC1)N1CC[C@H](N)C1.[Li+]. The summed E-state index contributed by atoms with van der Waals surface area (Å²) in [7, 11) is 0. The van der Waals surface area contributed by atoms with E-state index in [-0.39, 0.29) is 31.0 Å². The molecule has 126 valence electrons. The van der Waals surface area contributed by atoms with Crippen molar-refractivity contribution in [2.45, 2.75) is 31.4 Å². The van der Waals surface area contributed by atoms with Gasteiger partial charge < -0.3 is 25.8 Å². The second-order valence-electron chi connectivity index (χ2n) is 5.96. The monoisotopic (exact) mass is 329 g/mol. The van der Waals surface area contributed by atoms with Gasteiger partial charge >= 0.3 is 18.9 Å². The van der Waals surface area contributed by atoms with Crippen LogP contribution < -0.4 is 29.3 Å². The maximum absolute atomic E-state index is 9.59. The van der Waals surface area contributed by atoms with Crippen molar-refractivity contribution in [3.63, 3.8) is 0 Å². The number of nitrogens with two attached hydrogens (primary N) is 1. The zero-order valence-corrected chi connectivity index (χ0v) is 14.4. The average Bonchev–Trinajstić information content (AvgIpc) is 3.31. The fraction of sp³-hybridized carbons (Fsp3) is 0.389. The number of amidine groups is 1. The molecule has 0 aromatic carbocycles. The molecule has 0 bridgehead atoms. The maximum Gasteiger partial charge on any atom is 1.00 e. The number of hydrogen-bond acceptors (Lipinski definition) is 4. The van der Waals surface area contributed by atoms with Gasteiger partial charge in [-0.05, 0) is 31.0 Å². The van der Waals surface area contributed by atoms with Crippen molar-refractivity contribution in [2.24, 2.45) is 10.7 Å². The minimum Gasteiger partial charge on any atom is -0.862 e. The molecule has 0 spiro atoms. The molecule has 0 unspecified atom stereocenters. The second kappa shape index (κ2) is 9.00. The number of pyridine rings is 1. The van der Waals surface area contributed by atoms with Crippen molar-refractivity contribution in [3.8, 4) is 5.88 Å². The molecule has 1 aliphatic carbocycles. The number of likely N-dealkylation sites (tertiary alicyclic amines) is 1. The number of nitrogens with zero attached hydrogens (tertiary/aromatic N) is 4. The predicted octanol–water partition coefficient (Wildman–Crippen LogP) is -1.17. The summed E-state index contributed by atoms with van der Waals surface area (Å²) in [6.07, 6.45) is 10.0. The van der Waals surface area contributed by atoms with Crippen LogP contribution in [0.1, 0.15) is 24.8 Å². The fourth-order valence-electron chi connectivity index (χ4n) is 2.52. The van der Waals surface area contributed by atoms with Gasteiger partial charge in [0.05, 0.1) is 6.10 Å². The molecule has 2 aliphatic rings. The van der Waals surface area contributed by atoms with Crippen LogP contribution in [0.2, 0.25) is 0 Å². The molecule has 6 nitrogen and oxygen atoms in total. The largest absolute Gasteiger partial charge is 1.00 e. The molecule has 0 radical (unpaired) electrons. The Labute approximate surface area is 160 Å². The smallest absolute Gasteiger partial charge is 0.862 e. The minimum absolute atomic E-state index is 0. The Kier molecular flexibility index (Phi) is 7.00. The van der Waals surface area contributed by atoms with E-state index in [1.165, 1.54) is 6.08 Å². The molecule has 1 saturated heterocycles. The van der Waals surface area contributed by atoms with Gasteiger partial charge in [-0.15, -0.1) is 5.57 Å². The summed E-state index contributed by atoms with van der Waals surface area (Å²) in [5.74, 6) is 1.06. The molecule has 7 heteroatoms. The van der Waals surface area contributed by atoms with Crippen molar-refractivity contribution in [2.75, 3.05) is 13.1 Å².